The Kier molecular flexibility index (Phi) is 14.3. The normalized spacial score (nSPS) is 10.8. The zero-order chi connectivity index (χ0) is 18.9. The van der Waals surface area contributed by atoms with E-state index < -0.39 is 0 Å². The van der Waals surface area contributed by atoms with Crippen molar-refractivity contribution >= 4 is 17.6 Å². The summed E-state index contributed by atoms with van der Waals surface area (Å²) >= 11 is 5.99. The second-order valence-corrected chi connectivity index (χ2v) is 7.62. The summed E-state index contributed by atoms with van der Waals surface area (Å²) in [4.78, 5) is 11.9. The number of rotatable bonds is 16. The zero-order valence-electron chi connectivity index (χ0n) is 16.6. The summed E-state index contributed by atoms with van der Waals surface area (Å²) in [6.07, 6.45) is 18.5. The van der Waals surface area contributed by atoms with Crippen LogP contribution in [-0.2, 0) is 4.74 Å². The number of ether oxygens (including phenoxy) is 1. The molecule has 0 aliphatic rings. The number of halogens is 1. The minimum Gasteiger partial charge on any atom is -0.462 e. The van der Waals surface area contributed by atoms with Crippen LogP contribution in [0.4, 0.5) is 0 Å². The van der Waals surface area contributed by atoms with E-state index in [2.05, 4.69) is 6.92 Å². The van der Waals surface area contributed by atoms with Crippen LogP contribution in [-0.4, -0.2) is 12.6 Å². The van der Waals surface area contributed by atoms with Gasteiger partial charge in [-0.1, -0.05) is 114 Å². The van der Waals surface area contributed by atoms with Crippen molar-refractivity contribution in [3.8, 4) is 0 Å². The molecule has 0 radical (unpaired) electrons. The molecule has 0 saturated carbocycles. The van der Waals surface area contributed by atoms with Crippen LogP contribution in [0.3, 0.4) is 0 Å². The molecule has 26 heavy (non-hydrogen) atoms. The molecule has 0 fully saturated rings. The van der Waals surface area contributed by atoms with Gasteiger partial charge < -0.3 is 4.74 Å². The van der Waals surface area contributed by atoms with E-state index >= 15 is 0 Å². The molecule has 0 spiro atoms. The Labute approximate surface area is 165 Å². The fraction of sp³-hybridized carbons (Fsp3) is 0.696. The number of hydrogen-bond donors (Lipinski definition) is 0. The topological polar surface area (TPSA) is 26.3 Å². The second kappa shape index (κ2) is 16.2. The maximum Gasteiger partial charge on any atom is 0.339 e. The van der Waals surface area contributed by atoms with E-state index in [0.717, 1.165) is 12.8 Å². The molecular weight excluding hydrogens is 344 g/mol. The Hall–Kier alpha value is -1.02. The van der Waals surface area contributed by atoms with Gasteiger partial charge in [0.05, 0.1) is 17.2 Å². The molecule has 1 aromatic carbocycles. The Balaban J connectivity index is 1.84. The van der Waals surface area contributed by atoms with Crippen LogP contribution in [0.15, 0.2) is 24.3 Å². The maximum atomic E-state index is 11.9. The van der Waals surface area contributed by atoms with Crippen LogP contribution < -0.4 is 0 Å². The molecule has 0 heterocycles. The Bertz CT molecular complexity index is 473. The van der Waals surface area contributed by atoms with Crippen molar-refractivity contribution in [2.45, 2.75) is 96.8 Å². The quantitative estimate of drug-likeness (QED) is 0.214. The molecule has 0 aliphatic heterocycles. The predicted molar refractivity (Wildman–Crippen MR) is 112 cm³/mol. The molecule has 0 atom stereocenters. The Morgan fingerprint density at radius 3 is 1.73 bits per heavy atom. The number of esters is 1. The van der Waals surface area contributed by atoms with Crippen molar-refractivity contribution in [1.82, 2.24) is 0 Å². The first-order valence-electron chi connectivity index (χ1n) is 10.7. The lowest BCUT2D eigenvalue weighted by Gasteiger charge is -2.06. The molecule has 0 amide bonds. The third kappa shape index (κ3) is 11.6. The van der Waals surface area contributed by atoms with Crippen molar-refractivity contribution in [2.75, 3.05) is 6.61 Å². The van der Waals surface area contributed by atoms with Gasteiger partial charge in [0.25, 0.3) is 0 Å². The van der Waals surface area contributed by atoms with Crippen LogP contribution in [0.25, 0.3) is 0 Å². The van der Waals surface area contributed by atoms with E-state index in [1.807, 2.05) is 6.07 Å². The first-order chi connectivity index (χ1) is 12.8. The zero-order valence-corrected chi connectivity index (χ0v) is 17.4. The van der Waals surface area contributed by atoms with Crippen LogP contribution in [0, 0.1) is 0 Å². The first kappa shape index (κ1) is 23.0. The van der Waals surface area contributed by atoms with Gasteiger partial charge in [-0.3, -0.25) is 0 Å². The summed E-state index contributed by atoms with van der Waals surface area (Å²) in [5.74, 6) is -0.315. The van der Waals surface area contributed by atoms with Crippen molar-refractivity contribution in [2.24, 2.45) is 0 Å². The van der Waals surface area contributed by atoms with Crippen LogP contribution >= 0.6 is 11.6 Å². The summed E-state index contributed by atoms with van der Waals surface area (Å²) in [6, 6.07) is 7.03. The van der Waals surface area contributed by atoms with E-state index in [1.165, 1.54) is 77.0 Å². The Morgan fingerprint density at radius 1 is 0.769 bits per heavy atom. The van der Waals surface area contributed by atoms with Gasteiger partial charge in [-0.2, -0.15) is 0 Å². The summed E-state index contributed by atoms with van der Waals surface area (Å²) in [6.45, 7) is 2.76. The molecule has 0 bridgehead atoms. The summed E-state index contributed by atoms with van der Waals surface area (Å²) in [7, 11) is 0. The predicted octanol–water partition coefficient (Wildman–Crippen LogP) is 7.98. The highest BCUT2D eigenvalue weighted by Crippen LogP contribution is 2.16. The molecule has 0 aromatic heterocycles. The van der Waals surface area contributed by atoms with Crippen LogP contribution in [0.2, 0.25) is 5.02 Å². The van der Waals surface area contributed by atoms with Crippen molar-refractivity contribution in [1.29, 1.82) is 0 Å². The maximum absolute atomic E-state index is 11.9. The van der Waals surface area contributed by atoms with Crippen LogP contribution in [0.5, 0.6) is 0 Å². The lowest BCUT2D eigenvalue weighted by atomic mass is 10.0. The van der Waals surface area contributed by atoms with Gasteiger partial charge in [-0.05, 0) is 18.6 Å². The molecule has 148 valence electrons. The van der Waals surface area contributed by atoms with E-state index in [1.54, 1.807) is 18.2 Å². The van der Waals surface area contributed by atoms with Crippen molar-refractivity contribution in [3.05, 3.63) is 34.9 Å². The van der Waals surface area contributed by atoms with Crippen LogP contribution in [0.1, 0.15) is 107 Å². The lowest BCUT2D eigenvalue weighted by Crippen LogP contribution is -2.07. The molecular formula is C23H37ClO2. The average Bonchev–Trinajstić information content (AvgIpc) is 2.65. The highest BCUT2D eigenvalue weighted by atomic mass is 35.5. The van der Waals surface area contributed by atoms with Gasteiger partial charge in [0.15, 0.2) is 0 Å². The highest BCUT2D eigenvalue weighted by Gasteiger charge is 2.10. The number of carbonyl (C=O) groups excluding carboxylic acids is 1. The highest BCUT2D eigenvalue weighted by molar-refractivity contribution is 6.33. The van der Waals surface area contributed by atoms with Crippen molar-refractivity contribution in [3.63, 3.8) is 0 Å². The average molecular weight is 381 g/mol. The number of unbranched alkanes of at least 4 members (excludes halogenated alkanes) is 13. The third-order valence-corrected chi connectivity index (χ3v) is 5.15. The number of carbonyl (C=O) groups is 1. The second-order valence-electron chi connectivity index (χ2n) is 7.21. The standard InChI is InChI=1S/C23H37ClO2/c1-2-3-4-5-6-7-8-9-10-11-12-13-14-17-20-26-23(25)21-18-15-16-19-22(21)24/h15-16,18-19H,2-14,17,20H2,1H3. The first-order valence-corrected chi connectivity index (χ1v) is 11.0. The summed E-state index contributed by atoms with van der Waals surface area (Å²) < 4.78 is 5.29. The van der Waals surface area contributed by atoms with Gasteiger partial charge >= 0.3 is 5.97 Å². The van der Waals surface area contributed by atoms with E-state index in [4.69, 9.17) is 16.3 Å². The van der Waals surface area contributed by atoms with E-state index in [0.29, 0.717) is 17.2 Å². The van der Waals surface area contributed by atoms with Gasteiger partial charge in [0, 0.05) is 0 Å². The minimum atomic E-state index is -0.315. The molecule has 1 rings (SSSR count). The van der Waals surface area contributed by atoms with E-state index in [-0.39, 0.29) is 5.97 Å². The third-order valence-electron chi connectivity index (χ3n) is 4.82. The smallest absolute Gasteiger partial charge is 0.339 e. The fourth-order valence-corrected chi connectivity index (χ4v) is 3.38. The Morgan fingerprint density at radius 2 is 1.23 bits per heavy atom. The van der Waals surface area contributed by atoms with Gasteiger partial charge in [-0.15, -0.1) is 0 Å². The van der Waals surface area contributed by atoms with Gasteiger partial charge in [0.1, 0.15) is 0 Å². The SMILES string of the molecule is CCCCCCCCCCCCCCCCOC(=O)c1ccccc1Cl. The molecule has 1 aromatic rings. The monoisotopic (exact) mass is 380 g/mol. The summed E-state index contributed by atoms with van der Waals surface area (Å²) in [5.41, 5.74) is 0.458. The molecule has 0 unspecified atom stereocenters. The minimum absolute atomic E-state index is 0.315. The fourth-order valence-electron chi connectivity index (χ4n) is 3.17. The van der Waals surface area contributed by atoms with Gasteiger partial charge in [0.2, 0.25) is 0 Å². The number of benzene rings is 1. The molecule has 2 nitrogen and oxygen atoms in total. The number of hydrogen-bond acceptors (Lipinski definition) is 2. The van der Waals surface area contributed by atoms with Crippen molar-refractivity contribution < 1.29 is 9.53 Å². The largest absolute Gasteiger partial charge is 0.462 e. The molecule has 0 N–H and O–H groups in total. The van der Waals surface area contributed by atoms with Gasteiger partial charge in [-0.25, -0.2) is 4.79 Å². The molecule has 3 heteroatoms. The lowest BCUT2D eigenvalue weighted by molar-refractivity contribution is 0.0498. The molecule has 0 aliphatic carbocycles. The molecule has 0 saturated heterocycles. The summed E-state index contributed by atoms with van der Waals surface area (Å²) in [5, 5.41) is 0.457. The van der Waals surface area contributed by atoms with E-state index in [9.17, 15) is 4.79 Å².